The van der Waals surface area contributed by atoms with Gasteiger partial charge in [0.15, 0.2) is 0 Å². The highest BCUT2D eigenvalue weighted by atomic mass is 32.2. The Morgan fingerprint density at radius 1 is 1.14 bits per heavy atom. The topological polar surface area (TPSA) is 50.3 Å². The van der Waals surface area contributed by atoms with E-state index in [1.54, 1.807) is 24.5 Å². The van der Waals surface area contributed by atoms with E-state index in [9.17, 15) is 12.8 Å². The first-order chi connectivity index (χ1) is 10.1. The Morgan fingerprint density at radius 3 is 2.57 bits per heavy atom. The van der Waals surface area contributed by atoms with Gasteiger partial charge >= 0.3 is 0 Å². The highest BCUT2D eigenvalue weighted by Gasteiger charge is 2.37. The fraction of sp³-hybridized carbons (Fsp3) is 0.267. The van der Waals surface area contributed by atoms with Crippen LogP contribution in [0.1, 0.15) is 24.4 Å². The second kappa shape index (κ2) is 5.54. The lowest BCUT2D eigenvalue weighted by Gasteiger charge is -2.24. The Hall–Kier alpha value is -1.79. The number of sulfonamides is 1. The van der Waals surface area contributed by atoms with Crippen LogP contribution in [-0.4, -0.2) is 24.3 Å². The van der Waals surface area contributed by atoms with E-state index in [2.05, 4.69) is 4.98 Å². The lowest BCUT2D eigenvalue weighted by molar-refractivity contribution is 0.393. The number of hydrogen-bond donors (Lipinski definition) is 0. The molecule has 0 aliphatic carbocycles. The zero-order chi connectivity index (χ0) is 14.9. The number of rotatable bonds is 3. The van der Waals surface area contributed by atoms with Crippen LogP contribution in [0.3, 0.4) is 0 Å². The second-order valence-electron chi connectivity index (χ2n) is 4.98. The van der Waals surface area contributed by atoms with Gasteiger partial charge in [0, 0.05) is 18.9 Å². The zero-order valence-corrected chi connectivity index (χ0v) is 12.1. The molecule has 0 N–H and O–H groups in total. The first kappa shape index (κ1) is 14.2. The third-order valence-corrected chi connectivity index (χ3v) is 5.66. The molecule has 0 spiro atoms. The number of aromatic nitrogens is 1. The summed E-state index contributed by atoms with van der Waals surface area (Å²) in [5, 5.41) is 0. The van der Waals surface area contributed by atoms with Gasteiger partial charge < -0.3 is 0 Å². The monoisotopic (exact) mass is 306 g/mol. The molecule has 1 fully saturated rings. The van der Waals surface area contributed by atoms with Crippen molar-refractivity contribution in [2.24, 2.45) is 0 Å². The molecule has 6 heteroatoms. The Bertz CT molecular complexity index is 734. The minimum atomic E-state index is -3.83. The Balaban J connectivity index is 2.01. The highest BCUT2D eigenvalue weighted by Crippen LogP contribution is 2.36. The normalized spacial score (nSPS) is 19.8. The van der Waals surface area contributed by atoms with Gasteiger partial charge in [-0.25, -0.2) is 12.8 Å². The van der Waals surface area contributed by atoms with E-state index in [-0.39, 0.29) is 10.9 Å². The minimum Gasteiger partial charge on any atom is -0.265 e. The van der Waals surface area contributed by atoms with Crippen LogP contribution in [-0.2, 0) is 10.0 Å². The van der Waals surface area contributed by atoms with Crippen LogP contribution < -0.4 is 0 Å². The molecule has 1 aliphatic heterocycles. The molecule has 0 saturated carbocycles. The SMILES string of the molecule is O=S(=O)(c1ccccc1F)N1CCCC1c1ccncc1. The first-order valence-corrected chi connectivity index (χ1v) is 8.21. The molecule has 4 nitrogen and oxygen atoms in total. The lowest BCUT2D eigenvalue weighted by Crippen LogP contribution is -2.31. The smallest absolute Gasteiger partial charge is 0.246 e. The molecule has 1 aromatic heterocycles. The predicted octanol–water partition coefficient (Wildman–Crippen LogP) is 2.75. The van der Waals surface area contributed by atoms with Crippen LogP contribution in [0.5, 0.6) is 0 Å². The summed E-state index contributed by atoms with van der Waals surface area (Å²) in [5.41, 5.74) is 0.891. The van der Waals surface area contributed by atoms with Gasteiger partial charge in [-0.05, 0) is 42.7 Å². The Labute approximate surface area is 123 Å². The molecule has 0 bridgehead atoms. The van der Waals surface area contributed by atoms with Gasteiger partial charge in [-0.2, -0.15) is 4.31 Å². The summed E-state index contributed by atoms with van der Waals surface area (Å²) in [6.45, 7) is 0.406. The summed E-state index contributed by atoms with van der Waals surface area (Å²) in [6, 6.07) is 8.86. The van der Waals surface area contributed by atoms with Crippen molar-refractivity contribution < 1.29 is 12.8 Å². The fourth-order valence-electron chi connectivity index (χ4n) is 2.73. The summed E-state index contributed by atoms with van der Waals surface area (Å²) in [6.07, 6.45) is 4.78. The second-order valence-corrected chi connectivity index (χ2v) is 6.84. The van der Waals surface area contributed by atoms with E-state index in [4.69, 9.17) is 0 Å². The van der Waals surface area contributed by atoms with E-state index in [0.717, 1.165) is 18.4 Å². The van der Waals surface area contributed by atoms with E-state index in [1.165, 1.54) is 28.6 Å². The van der Waals surface area contributed by atoms with E-state index in [0.29, 0.717) is 6.54 Å². The molecular weight excluding hydrogens is 291 g/mol. The molecular formula is C15H15FN2O2S. The quantitative estimate of drug-likeness (QED) is 0.876. The van der Waals surface area contributed by atoms with Crippen LogP contribution in [0, 0.1) is 5.82 Å². The van der Waals surface area contributed by atoms with Crippen LogP contribution in [0.15, 0.2) is 53.7 Å². The average Bonchev–Trinajstić information content (AvgIpc) is 2.99. The van der Waals surface area contributed by atoms with Crippen molar-refractivity contribution in [3.63, 3.8) is 0 Å². The average molecular weight is 306 g/mol. The molecule has 1 unspecified atom stereocenters. The zero-order valence-electron chi connectivity index (χ0n) is 11.3. The maximum Gasteiger partial charge on any atom is 0.246 e. The maximum atomic E-state index is 13.9. The van der Waals surface area contributed by atoms with E-state index in [1.807, 2.05) is 0 Å². The van der Waals surface area contributed by atoms with Crippen molar-refractivity contribution in [3.8, 4) is 0 Å². The maximum absolute atomic E-state index is 13.9. The van der Waals surface area contributed by atoms with Gasteiger partial charge in [-0.1, -0.05) is 12.1 Å². The van der Waals surface area contributed by atoms with Gasteiger partial charge in [-0.15, -0.1) is 0 Å². The standard InChI is InChI=1S/C15H15FN2O2S/c16-13-4-1-2-6-15(13)21(19,20)18-11-3-5-14(18)12-7-9-17-10-8-12/h1-2,4,6-10,14H,3,5,11H2. The molecule has 2 heterocycles. The third kappa shape index (κ3) is 2.56. The Morgan fingerprint density at radius 2 is 1.86 bits per heavy atom. The Kier molecular flexibility index (Phi) is 3.73. The molecule has 1 aromatic carbocycles. The number of halogens is 1. The van der Waals surface area contributed by atoms with Gasteiger partial charge in [0.05, 0.1) is 6.04 Å². The number of hydrogen-bond acceptors (Lipinski definition) is 3. The van der Waals surface area contributed by atoms with Crippen molar-refractivity contribution in [1.29, 1.82) is 0 Å². The van der Waals surface area contributed by atoms with Crippen LogP contribution >= 0.6 is 0 Å². The number of benzene rings is 1. The summed E-state index contributed by atoms with van der Waals surface area (Å²) >= 11 is 0. The molecule has 1 atom stereocenters. The van der Waals surface area contributed by atoms with Gasteiger partial charge in [0.2, 0.25) is 10.0 Å². The van der Waals surface area contributed by atoms with E-state index < -0.39 is 15.8 Å². The number of pyridine rings is 1. The molecule has 0 radical (unpaired) electrons. The van der Waals surface area contributed by atoms with Crippen LogP contribution in [0.25, 0.3) is 0 Å². The van der Waals surface area contributed by atoms with Crippen molar-refractivity contribution in [3.05, 3.63) is 60.2 Å². The van der Waals surface area contributed by atoms with Gasteiger partial charge in [-0.3, -0.25) is 4.98 Å². The molecule has 110 valence electrons. The summed E-state index contributed by atoms with van der Waals surface area (Å²) in [7, 11) is -3.83. The van der Waals surface area contributed by atoms with Crippen molar-refractivity contribution in [1.82, 2.24) is 9.29 Å². The summed E-state index contributed by atoms with van der Waals surface area (Å²) < 4.78 is 40.7. The number of nitrogens with zero attached hydrogens (tertiary/aromatic N) is 2. The highest BCUT2D eigenvalue weighted by molar-refractivity contribution is 7.89. The van der Waals surface area contributed by atoms with Crippen molar-refractivity contribution >= 4 is 10.0 Å². The van der Waals surface area contributed by atoms with E-state index >= 15 is 0 Å². The summed E-state index contributed by atoms with van der Waals surface area (Å²) in [4.78, 5) is 3.69. The first-order valence-electron chi connectivity index (χ1n) is 6.77. The molecule has 1 saturated heterocycles. The molecule has 21 heavy (non-hydrogen) atoms. The van der Waals surface area contributed by atoms with Crippen molar-refractivity contribution in [2.75, 3.05) is 6.54 Å². The fourth-order valence-corrected chi connectivity index (χ4v) is 4.48. The lowest BCUT2D eigenvalue weighted by atomic mass is 10.1. The molecule has 2 aromatic rings. The molecule has 3 rings (SSSR count). The van der Waals surface area contributed by atoms with Gasteiger partial charge in [0.1, 0.15) is 10.7 Å². The van der Waals surface area contributed by atoms with Gasteiger partial charge in [0.25, 0.3) is 0 Å². The van der Waals surface area contributed by atoms with Crippen LogP contribution in [0.4, 0.5) is 4.39 Å². The third-order valence-electron chi connectivity index (χ3n) is 3.72. The van der Waals surface area contributed by atoms with Crippen LogP contribution in [0.2, 0.25) is 0 Å². The van der Waals surface area contributed by atoms with Crippen molar-refractivity contribution in [2.45, 2.75) is 23.8 Å². The summed E-state index contributed by atoms with van der Waals surface area (Å²) in [5.74, 6) is -0.710. The largest absolute Gasteiger partial charge is 0.265 e. The molecule has 0 amide bonds. The molecule has 1 aliphatic rings. The predicted molar refractivity (Wildman–Crippen MR) is 76.5 cm³/mol. The minimum absolute atomic E-state index is 0.252.